The lowest BCUT2D eigenvalue weighted by molar-refractivity contribution is 0.188. The highest BCUT2D eigenvalue weighted by atomic mass is 28.4. The molecule has 0 radical (unpaired) electrons. The second-order valence-electron chi connectivity index (χ2n) is 8.11. The van der Waals surface area contributed by atoms with E-state index in [1.54, 1.807) is 0 Å². The average molecular weight is 421 g/mol. The summed E-state index contributed by atoms with van der Waals surface area (Å²) in [4.78, 5) is 2.29. The van der Waals surface area contributed by atoms with Crippen molar-refractivity contribution >= 4 is 28.3 Å². The van der Waals surface area contributed by atoms with Gasteiger partial charge in [-0.15, -0.1) is 0 Å². The summed E-state index contributed by atoms with van der Waals surface area (Å²) in [6, 6.07) is 1.11. The Labute approximate surface area is 170 Å². The van der Waals surface area contributed by atoms with Gasteiger partial charge >= 0.3 is 8.56 Å². The van der Waals surface area contributed by atoms with Crippen molar-refractivity contribution in [3.63, 3.8) is 0 Å². The van der Waals surface area contributed by atoms with E-state index in [1.165, 1.54) is 67.9 Å². The zero-order valence-corrected chi connectivity index (χ0v) is 23.2. The smallest absolute Gasteiger partial charge is 0.334 e. The number of unbranched alkanes of at least 4 members (excludes halogenated alkanes) is 4. The van der Waals surface area contributed by atoms with Crippen LogP contribution in [0.4, 0.5) is 0 Å². The first-order chi connectivity index (χ1) is 12.4. The van der Waals surface area contributed by atoms with Crippen LogP contribution < -0.4 is 5.32 Å². The quantitative estimate of drug-likeness (QED) is 0.257. The largest absolute Gasteiger partial charge is 0.395 e. The molecule has 0 heterocycles. The van der Waals surface area contributed by atoms with Crippen molar-refractivity contribution in [2.24, 2.45) is 0 Å². The third-order valence-electron chi connectivity index (χ3n) is 5.00. The fraction of sp³-hybridized carbons (Fsp3) is 1.00. The van der Waals surface area contributed by atoms with Crippen molar-refractivity contribution in [3.8, 4) is 0 Å². The average Bonchev–Trinajstić information content (AvgIpc) is 2.57. The van der Waals surface area contributed by atoms with Gasteiger partial charge in [0.25, 0.3) is 0 Å². The Morgan fingerprint density at radius 1 is 1.00 bits per heavy atom. The molecule has 0 amide bonds. The predicted octanol–water partition coefficient (Wildman–Crippen LogP) is 2.25. The summed E-state index contributed by atoms with van der Waals surface area (Å²) in [7, 11) is 3.94. The van der Waals surface area contributed by atoms with Crippen molar-refractivity contribution in [3.05, 3.63) is 0 Å². The van der Waals surface area contributed by atoms with Crippen LogP contribution in [0, 0.1) is 0 Å². The molecule has 7 heteroatoms. The van der Waals surface area contributed by atoms with E-state index in [1.807, 2.05) is 0 Å². The topological polar surface area (TPSA) is 33.7 Å². The maximum atomic E-state index is 5.91. The normalized spacial score (nSPS) is 14.1. The van der Waals surface area contributed by atoms with Gasteiger partial charge in [0.15, 0.2) is 0 Å². The Hall–Kier alpha value is 0.491. The third kappa shape index (κ3) is 16.6. The first-order valence-corrected chi connectivity index (χ1v) is 16.6. The van der Waals surface area contributed by atoms with Crippen LogP contribution in [0.15, 0.2) is 0 Å². The van der Waals surface area contributed by atoms with Gasteiger partial charge < -0.3 is 19.1 Å². The van der Waals surface area contributed by atoms with E-state index < -0.39 is 8.56 Å². The summed E-state index contributed by atoms with van der Waals surface area (Å²) >= 11 is 0. The van der Waals surface area contributed by atoms with Crippen LogP contribution in [0.3, 0.4) is 0 Å². The second-order valence-corrected chi connectivity index (χ2v) is 17.2. The van der Waals surface area contributed by atoms with Crippen molar-refractivity contribution < 1.29 is 8.85 Å². The number of nitrogens with zero attached hydrogens (tertiary/aromatic N) is 1. The molecule has 0 saturated carbocycles. The minimum absolute atomic E-state index is 0.0925. The Balaban J connectivity index is 3.49. The van der Waals surface area contributed by atoms with Gasteiger partial charge in [0.2, 0.25) is 0 Å². The predicted molar refractivity (Wildman–Crippen MR) is 126 cm³/mol. The summed E-state index contributed by atoms with van der Waals surface area (Å²) < 4.78 is 11.8. The second kappa shape index (κ2) is 17.6. The molecule has 0 aliphatic rings. The zero-order chi connectivity index (χ0) is 19.7. The Morgan fingerprint density at radius 3 is 2.23 bits per heavy atom. The Bertz CT molecular complexity index is 305. The van der Waals surface area contributed by atoms with Gasteiger partial charge in [-0.25, -0.2) is 0 Å². The summed E-state index contributed by atoms with van der Waals surface area (Å²) in [5, 5.41) is 4.81. The third-order valence-corrected chi connectivity index (χ3v) is 12.4. The molecular formula is C19H48N2O2Si3. The van der Waals surface area contributed by atoms with Gasteiger partial charge in [-0.05, 0) is 72.6 Å². The summed E-state index contributed by atoms with van der Waals surface area (Å²) in [6.45, 7) is 10.3. The fourth-order valence-electron chi connectivity index (χ4n) is 3.40. The van der Waals surface area contributed by atoms with Gasteiger partial charge in [0.05, 0.1) is 0 Å². The minimum Gasteiger partial charge on any atom is -0.395 e. The molecule has 0 spiro atoms. The Morgan fingerprint density at radius 2 is 1.62 bits per heavy atom. The van der Waals surface area contributed by atoms with Crippen molar-refractivity contribution in [2.45, 2.75) is 76.5 Å². The maximum absolute atomic E-state index is 5.91. The maximum Gasteiger partial charge on any atom is 0.334 e. The highest BCUT2D eigenvalue weighted by Crippen LogP contribution is 2.15. The van der Waals surface area contributed by atoms with E-state index in [0.29, 0.717) is 0 Å². The summed E-state index contributed by atoms with van der Waals surface area (Å²) in [5.74, 6) is 0. The molecule has 0 aromatic rings. The number of rotatable bonds is 19. The van der Waals surface area contributed by atoms with Crippen LogP contribution in [0.25, 0.3) is 0 Å². The standard InChI is InChI=1S/C19H48N2O2Si3/c1-6-22-26(5,23-7-2)17-13-15-20-18-25-19(24)14-11-9-8-10-12-16-21(3)4/h19-20H,6-18,25H2,1-5,24H3. The molecule has 0 saturated heterocycles. The first-order valence-electron chi connectivity index (χ1n) is 11.1. The van der Waals surface area contributed by atoms with E-state index in [-0.39, 0.29) is 9.52 Å². The van der Waals surface area contributed by atoms with Crippen LogP contribution in [0.5, 0.6) is 0 Å². The number of hydrogen-bond donors (Lipinski definition) is 1. The van der Waals surface area contributed by atoms with Gasteiger partial charge in [-0.3, -0.25) is 0 Å². The van der Waals surface area contributed by atoms with Gasteiger partial charge in [0, 0.05) is 33.0 Å². The highest BCUT2D eigenvalue weighted by molar-refractivity contribution is 6.66. The first kappa shape index (κ1) is 26.5. The number of nitrogens with one attached hydrogen (secondary N) is 1. The molecule has 1 unspecified atom stereocenters. The van der Waals surface area contributed by atoms with Gasteiger partial charge in [0.1, 0.15) is 0 Å². The zero-order valence-electron chi connectivity index (χ0n) is 18.7. The molecule has 0 bridgehead atoms. The molecule has 1 N–H and O–H groups in total. The molecule has 1 atom stereocenters. The fourth-order valence-corrected chi connectivity index (χ4v) is 8.61. The Kier molecular flexibility index (Phi) is 17.9. The molecular weight excluding hydrogens is 372 g/mol. The van der Waals surface area contributed by atoms with Crippen LogP contribution in [0.1, 0.15) is 58.8 Å². The molecule has 0 aromatic carbocycles. The molecule has 0 aromatic heterocycles. The van der Waals surface area contributed by atoms with Crippen LogP contribution in [0.2, 0.25) is 17.8 Å². The van der Waals surface area contributed by atoms with E-state index in [2.05, 4.69) is 44.7 Å². The van der Waals surface area contributed by atoms with E-state index in [4.69, 9.17) is 8.85 Å². The molecule has 4 nitrogen and oxygen atoms in total. The van der Waals surface area contributed by atoms with E-state index in [0.717, 1.165) is 31.0 Å². The lowest BCUT2D eigenvalue weighted by Crippen LogP contribution is -2.39. The molecule has 0 aliphatic heterocycles. The van der Waals surface area contributed by atoms with Crippen molar-refractivity contribution in [2.75, 3.05) is 46.6 Å². The number of hydrogen-bond acceptors (Lipinski definition) is 4. The SMILES string of the molecule is CCO[Si](C)(CCCNC[SiH2]C([SiH3])CCCCCCCN(C)C)OCC. The van der Waals surface area contributed by atoms with Crippen LogP contribution >= 0.6 is 0 Å². The minimum atomic E-state index is -1.89. The monoisotopic (exact) mass is 420 g/mol. The van der Waals surface area contributed by atoms with Gasteiger partial charge in [-0.2, -0.15) is 0 Å². The van der Waals surface area contributed by atoms with Crippen molar-refractivity contribution in [1.29, 1.82) is 0 Å². The van der Waals surface area contributed by atoms with E-state index in [9.17, 15) is 0 Å². The highest BCUT2D eigenvalue weighted by Gasteiger charge is 2.29. The molecule has 0 rings (SSSR count). The summed E-state index contributed by atoms with van der Waals surface area (Å²) in [5.41, 5.74) is 0. The molecule has 0 fully saturated rings. The van der Waals surface area contributed by atoms with Crippen molar-refractivity contribution in [1.82, 2.24) is 10.2 Å². The van der Waals surface area contributed by atoms with Crippen LogP contribution in [-0.4, -0.2) is 79.8 Å². The molecule has 158 valence electrons. The summed E-state index contributed by atoms with van der Waals surface area (Å²) in [6.07, 6.45) is 11.1. The van der Waals surface area contributed by atoms with E-state index >= 15 is 0 Å². The molecule has 26 heavy (non-hydrogen) atoms. The molecule has 0 aliphatic carbocycles. The van der Waals surface area contributed by atoms with Gasteiger partial charge in [-0.1, -0.05) is 37.3 Å². The lowest BCUT2D eigenvalue weighted by atomic mass is 10.1. The lowest BCUT2D eigenvalue weighted by Gasteiger charge is -2.26. The van der Waals surface area contributed by atoms with Crippen LogP contribution in [-0.2, 0) is 8.85 Å².